The van der Waals surface area contributed by atoms with Gasteiger partial charge in [0.2, 0.25) is 5.91 Å². The van der Waals surface area contributed by atoms with Gasteiger partial charge in [0.15, 0.2) is 23.0 Å². The standard InChI is InChI=1S/C59H65N7O11/c1-71-21-22-75-24-23-74-20-19-63(17-8-13-56(67)60-16-18-64-57(68)14-15-58(64)69)44-26-39(37-76-54-32-48-43(30-52(54)72-2)36-65-45(34-61-48)28-41-9-4-6-11-50(41)65)25-40(27-44)38-77-55-33-49-47(31-53(55)73-3)59(70)66-46(35-62-49)29-42-10-5-7-12-51(42)66/h4-7,9-12,14-15,25-27,30-34,45-46,62H,8,13,16-24,28-29,35-38H2,1-3H3,(H,60,67)/t45-,46?/m0/s1. The number of nitrogens with one attached hydrogen (secondary N) is 2. The number of carbonyl (C=O) groups is 4. The molecule has 18 nitrogen and oxygen atoms in total. The third-order valence-corrected chi connectivity index (χ3v) is 14.5. The maximum atomic E-state index is 14.2. The van der Waals surface area contributed by atoms with Gasteiger partial charge in [-0.05, 0) is 84.0 Å². The molecule has 5 aliphatic rings. The molecule has 4 amide bonds. The van der Waals surface area contributed by atoms with Crippen molar-refractivity contribution >= 4 is 58.3 Å². The quantitative estimate of drug-likeness (QED) is 0.0459. The van der Waals surface area contributed by atoms with Gasteiger partial charge in [-0.15, -0.1) is 0 Å². The number of hydrogen-bond donors (Lipinski definition) is 2. The molecule has 0 saturated carbocycles. The highest BCUT2D eigenvalue weighted by molar-refractivity contribution is 6.13. The normalized spacial score (nSPS) is 16.7. The molecular weight excluding hydrogens is 983 g/mol. The van der Waals surface area contributed by atoms with E-state index >= 15 is 0 Å². The van der Waals surface area contributed by atoms with Crippen LogP contribution in [0.2, 0.25) is 0 Å². The third-order valence-electron chi connectivity index (χ3n) is 14.5. The molecule has 5 aromatic carbocycles. The van der Waals surface area contributed by atoms with Crippen molar-refractivity contribution in [2.24, 2.45) is 4.99 Å². The predicted molar refractivity (Wildman–Crippen MR) is 292 cm³/mol. The average molecular weight is 1050 g/mol. The Labute approximate surface area is 448 Å². The van der Waals surface area contributed by atoms with Crippen molar-refractivity contribution in [3.63, 3.8) is 0 Å². The number of methoxy groups -OCH3 is 3. The summed E-state index contributed by atoms with van der Waals surface area (Å²) in [4.78, 5) is 64.0. The fraction of sp³-hybridized carbons (Fsp3) is 0.373. The molecule has 5 aromatic rings. The zero-order chi connectivity index (χ0) is 53.3. The van der Waals surface area contributed by atoms with Gasteiger partial charge in [-0.25, -0.2) is 0 Å². The number of para-hydroxylation sites is 2. The number of imide groups is 1. The van der Waals surface area contributed by atoms with Crippen molar-refractivity contribution in [2.45, 2.75) is 57.5 Å². The number of benzene rings is 5. The fourth-order valence-corrected chi connectivity index (χ4v) is 10.6. The fourth-order valence-electron chi connectivity index (χ4n) is 10.6. The van der Waals surface area contributed by atoms with Gasteiger partial charge in [-0.1, -0.05) is 36.4 Å². The number of fused-ring (bicyclic) bond motifs is 8. The summed E-state index contributed by atoms with van der Waals surface area (Å²) < 4.78 is 41.9. The first-order valence-corrected chi connectivity index (χ1v) is 26.2. The van der Waals surface area contributed by atoms with Gasteiger partial charge < -0.3 is 58.5 Å². The zero-order valence-corrected chi connectivity index (χ0v) is 43.8. The molecule has 0 aliphatic carbocycles. The van der Waals surface area contributed by atoms with E-state index in [-0.39, 0.29) is 56.6 Å². The van der Waals surface area contributed by atoms with Crippen LogP contribution >= 0.6 is 0 Å². The summed E-state index contributed by atoms with van der Waals surface area (Å²) in [6.45, 7) is 4.88. The van der Waals surface area contributed by atoms with Gasteiger partial charge in [0, 0.05) is 106 Å². The number of ether oxygens (including phenoxy) is 7. The molecule has 402 valence electrons. The lowest BCUT2D eigenvalue weighted by atomic mass is 10.1. The van der Waals surface area contributed by atoms with Crippen molar-refractivity contribution in [2.75, 3.05) is 107 Å². The van der Waals surface area contributed by atoms with Crippen LogP contribution in [0.5, 0.6) is 23.0 Å². The lowest BCUT2D eigenvalue weighted by Crippen LogP contribution is -2.39. The number of amides is 4. The van der Waals surface area contributed by atoms with Crippen LogP contribution in [0.4, 0.5) is 28.4 Å². The van der Waals surface area contributed by atoms with Crippen molar-refractivity contribution in [3.05, 3.63) is 137 Å². The highest BCUT2D eigenvalue weighted by Crippen LogP contribution is 2.43. The smallest absolute Gasteiger partial charge is 0.260 e. The van der Waals surface area contributed by atoms with Gasteiger partial charge in [0.05, 0.1) is 76.3 Å². The van der Waals surface area contributed by atoms with Crippen LogP contribution in [0.15, 0.2) is 108 Å². The minimum absolute atomic E-state index is 0.0335. The second-order valence-corrected chi connectivity index (χ2v) is 19.4. The Morgan fingerprint density at radius 2 is 1.40 bits per heavy atom. The topological polar surface area (TPSA) is 182 Å². The Morgan fingerprint density at radius 1 is 0.727 bits per heavy atom. The summed E-state index contributed by atoms with van der Waals surface area (Å²) >= 11 is 0. The van der Waals surface area contributed by atoms with Gasteiger partial charge in [0.1, 0.15) is 13.2 Å². The van der Waals surface area contributed by atoms with Crippen molar-refractivity contribution in [3.8, 4) is 23.0 Å². The maximum absolute atomic E-state index is 14.2. The molecule has 0 aromatic heterocycles. The molecular formula is C59H65N7O11. The molecule has 10 rings (SSSR count). The van der Waals surface area contributed by atoms with Crippen molar-refractivity contribution in [1.29, 1.82) is 0 Å². The lowest BCUT2D eigenvalue weighted by molar-refractivity contribution is -0.137. The zero-order valence-electron chi connectivity index (χ0n) is 43.8. The highest BCUT2D eigenvalue weighted by Gasteiger charge is 2.38. The molecule has 2 atom stereocenters. The largest absolute Gasteiger partial charge is 0.493 e. The monoisotopic (exact) mass is 1050 g/mol. The maximum Gasteiger partial charge on any atom is 0.260 e. The van der Waals surface area contributed by atoms with Gasteiger partial charge in [-0.3, -0.25) is 29.1 Å². The number of rotatable bonds is 25. The predicted octanol–water partition coefficient (Wildman–Crippen LogP) is 6.81. The second kappa shape index (κ2) is 24.4. The van der Waals surface area contributed by atoms with Crippen molar-refractivity contribution < 1.29 is 52.3 Å². The number of carbonyl (C=O) groups excluding carboxylic acids is 4. The van der Waals surface area contributed by atoms with E-state index in [0.717, 1.165) is 57.1 Å². The summed E-state index contributed by atoms with van der Waals surface area (Å²) in [5.41, 5.74) is 10.1. The molecule has 2 N–H and O–H groups in total. The Kier molecular flexibility index (Phi) is 16.6. The van der Waals surface area contributed by atoms with Crippen LogP contribution in [-0.4, -0.2) is 134 Å². The van der Waals surface area contributed by atoms with Crippen LogP contribution in [0.3, 0.4) is 0 Å². The average Bonchev–Trinajstić information content (AvgIpc) is 4.15. The molecule has 0 bridgehead atoms. The minimum Gasteiger partial charge on any atom is -0.493 e. The Bertz CT molecular complexity index is 3040. The first-order valence-electron chi connectivity index (χ1n) is 26.2. The molecule has 5 aliphatic heterocycles. The Balaban J connectivity index is 0.900. The molecule has 77 heavy (non-hydrogen) atoms. The van der Waals surface area contributed by atoms with Crippen LogP contribution in [0.1, 0.15) is 51.0 Å². The van der Waals surface area contributed by atoms with Crippen molar-refractivity contribution in [1.82, 2.24) is 10.2 Å². The Morgan fingerprint density at radius 3 is 2.14 bits per heavy atom. The molecule has 0 fully saturated rings. The van der Waals surface area contributed by atoms with Crippen LogP contribution in [0.25, 0.3) is 0 Å². The molecule has 0 radical (unpaired) electrons. The van der Waals surface area contributed by atoms with E-state index < -0.39 is 11.8 Å². The lowest BCUT2D eigenvalue weighted by Gasteiger charge is -2.26. The SMILES string of the molecule is COCCOCCOCCN(CCCC(=O)NCCN1C(=O)C=CC1=O)c1cc(COc2cc3c(cc2OC)CN2c4ccccc4C[C@H]2C=N3)cc(COc2cc3c(cc2OC)C(=O)N2c4ccccc4CC2CN3)c1. The van der Waals surface area contributed by atoms with E-state index in [1.165, 1.54) is 23.4 Å². The molecule has 18 heteroatoms. The Hall–Kier alpha value is -7.93. The van der Waals surface area contributed by atoms with Gasteiger partial charge in [-0.2, -0.15) is 0 Å². The first kappa shape index (κ1) is 52.5. The summed E-state index contributed by atoms with van der Waals surface area (Å²) in [6.07, 6.45) is 6.83. The van der Waals surface area contributed by atoms with Gasteiger partial charge in [0.25, 0.3) is 17.7 Å². The number of nitrogens with zero attached hydrogens (tertiary/aromatic N) is 5. The van der Waals surface area contributed by atoms with E-state index in [1.54, 1.807) is 27.4 Å². The van der Waals surface area contributed by atoms with Crippen LogP contribution in [-0.2, 0) is 61.2 Å². The van der Waals surface area contributed by atoms with Gasteiger partial charge >= 0.3 is 0 Å². The van der Waals surface area contributed by atoms with Crippen LogP contribution in [0, 0.1) is 0 Å². The first-order chi connectivity index (χ1) is 37.7. The molecule has 0 saturated heterocycles. The molecule has 1 unspecified atom stereocenters. The second-order valence-electron chi connectivity index (χ2n) is 19.4. The van der Waals surface area contributed by atoms with E-state index in [1.807, 2.05) is 53.6 Å². The van der Waals surface area contributed by atoms with E-state index in [2.05, 4.69) is 62.9 Å². The highest BCUT2D eigenvalue weighted by atomic mass is 16.5. The number of hydrogen-bond acceptors (Lipinski definition) is 15. The van der Waals surface area contributed by atoms with E-state index in [4.69, 9.17) is 38.2 Å². The summed E-state index contributed by atoms with van der Waals surface area (Å²) in [7, 11) is 4.84. The van der Waals surface area contributed by atoms with E-state index in [9.17, 15) is 19.2 Å². The third kappa shape index (κ3) is 12.0. The summed E-state index contributed by atoms with van der Waals surface area (Å²) in [5, 5.41) is 6.38. The number of anilines is 4. The summed E-state index contributed by atoms with van der Waals surface area (Å²) in [6, 6.07) is 30.4. The van der Waals surface area contributed by atoms with Crippen LogP contribution < -0.4 is 44.3 Å². The minimum atomic E-state index is -0.391. The number of aliphatic imine (C=N–C) groups is 1. The molecule has 5 heterocycles. The van der Waals surface area contributed by atoms with E-state index in [0.29, 0.717) is 99.9 Å². The molecule has 0 spiro atoms. The summed E-state index contributed by atoms with van der Waals surface area (Å²) in [5.74, 6) is 0.955.